The maximum atomic E-state index is 13.0. The monoisotopic (exact) mass is 470 g/mol. The molecule has 3 atom stereocenters. The van der Waals surface area contributed by atoms with E-state index in [1.54, 1.807) is 18.2 Å². The van der Waals surface area contributed by atoms with E-state index < -0.39 is 18.5 Å². The molecular formula is C28H26N2O5. The number of ether oxygens (including phenoxy) is 1. The topological polar surface area (TPSA) is 92.8 Å². The molecule has 1 aliphatic heterocycles. The van der Waals surface area contributed by atoms with Crippen molar-refractivity contribution in [1.29, 1.82) is 0 Å². The lowest BCUT2D eigenvalue weighted by Gasteiger charge is -2.25. The molecule has 1 saturated heterocycles. The van der Waals surface area contributed by atoms with Crippen molar-refractivity contribution in [2.24, 2.45) is 17.8 Å². The summed E-state index contributed by atoms with van der Waals surface area (Å²) in [5.74, 6) is -1.74. The van der Waals surface area contributed by atoms with Crippen LogP contribution in [-0.4, -0.2) is 30.3 Å². The van der Waals surface area contributed by atoms with Crippen LogP contribution in [0.5, 0.6) is 0 Å². The summed E-state index contributed by atoms with van der Waals surface area (Å²) >= 11 is 0. The average Bonchev–Trinajstić information content (AvgIpc) is 3.11. The fourth-order valence-corrected chi connectivity index (χ4v) is 5.15. The third-order valence-electron chi connectivity index (χ3n) is 6.93. The Morgan fingerprint density at radius 1 is 0.943 bits per heavy atom. The number of carbonyl (C=O) groups is 4. The van der Waals surface area contributed by atoms with Gasteiger partial charge in [0.1, 0.15) is 0 Å². The highest BCUT2D eigenvalue weighted by Gasteiger charge is 2.50. The van der Waals surface area contributed by atoms with Crippen molar-refractivity contribution in [2.75, 3.05) is 16.8 Å². The van der Waals surface area contributed by atoms with Crippen LogP contribution in [-0.2, 0) is 19.1 Å². The number of nitrogens with one attached hydrogen (secondary N) is 1. The van der Waals surface area contributed by atoms with Gasteiger partial charge in [0.05, 0.1) is 23.1 Å². The molecule has 0 bridgehead atoms. The number of anilines is 2. The molecule has 35 heavy (non-hydrogen) atoms. The van der Waals surface area contributed by atoms with Gasteiger partial charge < -0.3 is 10.1 Å². The Morgan fingerprint density at radius 2 is 1.69 bits per heavy atom. The maximum absolute atomic E-state index is 13.0. The maximum Gasteiger partial charge on any atom is 0.338 e. The van der Waals surface area contributed by atoms with Gasteiger partial charge in [0.15, 0.2) is 6.61 Å². The molecule has 2 fully saturated rings. The van der Waals surface area contributed by atoms with Gasteiger partial charge in [0, 0.05) is 11.1 Å². The lowest BCUT2D eigenvalue weighted by molar-refractivity contribution is -0.122. The zero-order valence-electron chi connectivity index (χ0n) is 19.4. The Bertz CT molecular complexity index is 1330. The molecule has 0 aromatic heterocycles. The molecule has 0 radical (unpaired) electrons. The molecule has 0 unspecified atom stereocenters. The fraction of sp³-hybridized carbons (Fsp3) is 0.286. The summed E-state index contributed by atoms with van der Waals surface area (Å²) in [5.41, 5.74) is 1.16. The number of fused-ring (bicyclic) bond motifs is 2. The number of carbonyl (C=O) groups excluding carboxylic acids is 4. The summed E-state index contributed by atoms with van der Waals surface area (Å²) in [6.07, 6.45) is 2.35. The molecule has 5 rings (SSSR count). The minimum absolute atomic E-state index is 0.171. The summed E-state index contributed by atoms with van der Waals surface area (Å²) in [7, 11) is 0. The summed E-state index contributed by atoms with van der Waals surface area (Å²) in [6.45, 7) is 1.64. The highest BCUT2D eigenvalue weighted by Crippen LogP contribution is 2.42. The number of benzene rings is 3. The Balaban J connectivity index is 1.25. The van der Waals surface area contributed by atoms with Gasteiger partial charge in [0.25, 0.3) is 5.91 Å². The van der Waals surface area contributed by atoms with Gasteiger partial charge in [0.2, 0.25) is 11.8 Å². The van der Waals surface area contributed by atoms with Crippen LogP contribution in [0, 0.1) is 17.8 Å². The van der Waals surface area contributed by atoms with Gasteiger partial charge in [-0.2, -0.15) is 0 Å². The van der Waals surface area contributed by atoms with Gasteiger partial charge in [-0.05, 0) is 54.8 Å². The minimum Gasteiger partial charge on any atom is -0.452 e. The first-order valence-electron chi connectivity index (χ1n) is 11.8. The van der Waals surface area contributed by atoms with E-state index in [0.717, 1.165) is 17.2 Å². The lowest BCUT2D eigenvalue weighted by Crippen LogP contribution is -2.31. The van der Waals surface area contributed by atoms with Gasteiger partial charge in [-0.1, -0.05) is 49.4 Å². The third-order valence-corrected chi connectivity index (χ3v) is 6.93. The molecule has 3 amide bonds. The number of hydrogen-bond acceptors (Lipinski definition) is 5. The van der Waals surface area contributed by atoms with Crippen molar-refractivity contribution in [3.8, 4) is 0 Å². The number of esters is 1. The lowest BCUT2D eigenvalue weighted by atomic mass is 9.76. The number of imide groups is 1. The van der Waals surface area contributed by atoms with Crippen molar-refractivity contribution < 1.29 is 23.9 Å². The Kier molecular flexibility index (Phi) is 6.07. The molecule has 0 spiro atoms. The first-order valence-corrected chi connectivity index (χ1v) is 11.8. The number of amides is 3. The van der Waals surface area contributed by atoms with E-state index in [-0.39, 0.29) is 29.2 Å². The zero-order chi connectivity index (χ0) is 24.5. The van der Waals surface area contributed by atoms with Gasteiger partial charge in [-0.3, -0.25) is 19.3 Å². The smallest absolute Gasteiger partial charge is 0.338 e. The minimum atomic E-state index is -0.704. The molecule has 178 valence electrons. The molecule has 2 aliphatic rings. The standard InChI is InChI=1S/C28H26N2O5/c1-17-12-13-22-23(14-17)27(33)30(26(22)32)20-9-4-8-19(15-20)28(34)35-16-25(31)29-24-11-5-7-18-6-2-3-10-21(18)24/h2-11,15,17,22-23H,12-14,16H2,1H3,(H,29,31)/t17-,22-,23-/m1/s1. The molecule has 1 saturated carbocycles. The fourth-order valence-electron chi connectivity index (χ4n) is 5.15. The normalized spacial score (nSPS) is 21.6. The SMILES string of the molecule is C[C@@H]1CC[C@H]2C(=O)N(c3cccc(C(=O)OCC(=O)Nc4cccc5ccccc45)c3)C(=O)[C@@H]2C1. The average molecular weight is 471 g/mol. The first kappa shape index (κ1) is 22.8. The van der Waals surface area contributed by atoms with Crippen LogP contribution in [0.4, 0.5) is 11.4 Å². The Morgan fingerprint density at radius 3 is 2.54 bits per heavy atom. The van der Waals surface area contributed by atoms with E-state index in [1.165, 1.54) is 17.0 Å². The van der Waals surface area contributed by atoms with Crippen molar-refractivity contribution in [3.63, 3.8) is 0 Å². The summed E-state index contributed by atoms with van der Waals surface area (Å²) in [6, 6.07) is 19.5. The van der Waals surface area contributed by atoms with E-state index in [0.29, 0.717) is 30.1 Å². The number of hydrogen-bond donors (Lipinski definition) is 1. The van der Waals surface area contributed by atoms with Crippen molar-refractivity contribution in [2.45, 2.75) is 26.2 Å². The van der Waals surface area contributed by atoms with Gasteiger partial charge in [-0.25, -0.2) is 4.79 Å². The molecule has 3 aromatic carbocycles. The molecule has 3 aromatic rings. The van der Waals surface area contributed by atoms with Crippen LogP contribution in [0.15, 0.2) is 66.7 Å². The highest BCUT2D eigenvalue weighted by molar-refractivity contribution is 6.22. The molecule has 7 heteroatoms. The Hall–Kier alpha value is -4.00. The van der Waals surface area contributed by atoms with Crippen molar-refractivity contribution >= 4 is 45.8 Å². The third kappa shape index (κ3) is 4.41. The van der Waals surface area contributed by atoms with Crippen molar-refractivity contribution in [3.05, 3.63) is 72.3 Å². The van der Waals surface area contributed by atoms with E-state index in [2.05, 4.69) is 12.2 Å². The second kappa shape index (κ2) is 9.33. The van der Waals surface area contributed by atoms with Crippen LogP contribution >= 0.6 is 0 Å². The van der Waals surface area contributed by atoms with Crippen LogP contribution in [0.2, 0.25) is 0 Å². The highest BCUT2D eigenvalue weighted by atomic mass is 16.5. The zero-order valence-corrected chi connectivity index (χ0v) is 19.4. The number of rotatable bonds is 5. The predicted molar refractivity (Wildman–Crippen MR) is 132 cm³/mol. The largest absolute Gasteiger partial charge is 0.452 e. The van der Waals surface area contributed by atoms with E-state index in [4.69, 9.17) is 4.74 Å². The van der Waals surface area contributed by atoms with Gasteiger partial charge >= 0.3 is 5.97 Å². The predicted octanol–water partition coefficient (Wildman–Crippen LogP) is 4.56. The Labute approximate surface area is 203 Å². The van der Waals surface area contributed by atoms with Gasteiger partial charge in [-0.15, -0.1) is 0 Å². The second-order valence-electron chi connectivity index (χ2n) is 9.34. The quantitative estimate of drug-likeness (QED) is 0.436. The van der Waals surface area contributed by atoms with Crippen LogP contribution in [0.1, 0.15) is 36.5 Å². The van der Waals surface area contributed by atoms with Crippen LogP contribution < -0.4 is 10.2 Å². The summed E-state index contributed by atoms with van der Waals surface area (Å²) in [5, 5.41) is 4.65. The first-order chi connectivity index (χ1) is 16.9. The van der Waals surface area contributed by atoms with Crippen LogP contribution in [0.3, 0.4) is 0 Å². The number of nitrogens with zero attached hydrogens (tertiary/aromatic N) is 1. The van der Waals surface area contributed by atoms with E-state index in [9.17, 15) is 19.2 Å². The second-order valence-corrected chi connectivity index (χ2v) is 9.34. The molecule has 7 nitrogen and oxygen atoms in total. The van der Waals surface area contributed by atoms with E-state index in [1.807, 2.05) is 36.4 Å². The van der Waals surface area contributed by atoms with Crippen LogP contribution in [0.25, 0.3) is 10.8 Å². The molecule has 1 heterocycles. The van der Waals surface area contributed by atoms with E-state index >= 15 is 0 Å². The summed E-state index contributed by atoms with van der Waals surface area (Å²) in [4.78, 5) is 52.2. The summed E-state index contributed by atoms with van der Waals surface area (Å²) < 4.78 is 5.21. The molecule has 1 aliphatic carbocycles. The molecule has 1 N–H and O–H groups in total. The molecular weight excluding hydrogens is 444 g/mol. The van der Waals surface area contributed by atoms with Crippen molar-refractivity contribution in [1.82, 2.24) is 0 Å².